The van der Waals surface area contributed by atoms with Crippen molar-refractivity contribution in [3.8, 4) is 5.75 Å². The van der Waals surface area contributed by atoms with Gasteiger partial charge in [0, 0.05) is 24.0 Å². The molecule has 0 aliphatic heterocycles. The van der Waals surface area contributed by atoms with Crippen LogP contribution in [0.1, 0.15) is 15.9 Å². The lowest BCUT2D eigenvalue weighted by Gasteiger charge is -2.12. The molecule has 1 amide bonds. The molecule has 3 rings (SSSR count). The number of carbonyl (C=O) groups is 1. The predicted molar refractivity (Wildman–Crippen MR) is 99.9 cm³/mol. The van der Waals surface area contributed by atoms with Crippen LogP contribution in [0.5, 0.6) is 5.75 Å². The van der Waals surface area contributed by atoms with E-state index in [1.165, 1.54) is 13.3 Å². The van der Waals surface area contributed by atoms with E-state index in [9.17, 15) is 9.59 Å². The van der Waals surface area contributed by atoms with Gasteiger partial charge in [-0.3, -0.25) is 9.59 Å². The van der Waals surface area contributed by atoms with E-state index >= 15 is 0 Å². The van der Waals surface area contributed by atoms with Gasteiger partial charge in [-0.2, -0.15) is 0 Å². The summed E-state index contributed by atoms with van der Waals surface area (Å²) in [6, 6.07) is 10.4. The van der Waals surface area contributed by atoms with E-state index in [0.29, 0.717) is 21.8 Å². The molecule has 0 radical (unpaired) electrons. The minimum atomic E-state index is -0.462. The van der Waals surface area contributed by atoms with Crippen LogP contribution in [0.3, 0.4) is 0 Å². The normalized spacial score (nSPS) is 10.7. The van der Waals surface area contributed by atoms with Crippen LogP contribution in [0.4, 0.5) is 5.69 Å². The van der Waals surface area contributed by atoms with Gasteiger partial charge in [-0.25, -0.2) is 0 Å². The van der Waals surface area contributed by atoms with Crippen molar-refractivity contribution in [3.63, 3.8) is 0 Å². The summed E-state index contributed by atoms with van der Waals surface area (Å²) in [4.78, 5) is 25.4. The summed E-state index contributed by atoms with van der Waals surface area (Å²) in [7, 11) is 3.32. The predicted octanol–water partition coefficient (Wildman–Crippen LogP) is 3.76. The van der Waals surface area contributed by atoms with E-state index in [1.54, 1.807) is 48.0 Å². The van der Waals surface area contributed by atoms with Gasteiger partial charge in [0.2, 0.25) is 5.43 Å². The van der Waals surface area contributed by atoms with Crippen molar-refractivity contribution in [1.82, 2.24) is 4.57 Å². The number of carbonyl (C=O) groups excluding carboxylic acids is 1. The summed E-state index contributed by atoms with van der Waals surface area (Å²) in [6.07, 6.45) is 1.54. The first kappa shape index (κ1) is 17.0. The third kappa shape index (κ3) is 3.23. The highest BCUT2D eigenvalue weighted by molar-refractivity contribution is 6.30. The summed E-state index contributed by atoms with van der Waals surface area (Å²) in [6.45, 7) is 1.84. The van der Waals surface area contributed by atoms with Gasteiger partial charge in [0.1, 0.15) is 11.3 Å². The molecule has 0 aliphatic rings. The van der Waals surface area contributed by atoms with Gasteiger partial charge < -0.3 is 14.6 Å². The Labute approximate surface area is 149 Å². The second-order valence-corrected chi connectivity index (χ2v) is 6.22. The monoisotopic (exact) mass is 356 g/mol. The maximum Gasteiger partial charge on any atom is 0.261 e. The molecule has 128 valence electrons. The van der Waals surface area contributed by atoms with Crippen LogP contribution in [-0.2, 0) is 7.05 Å². The van der Waals surface area contributed by atoms with Gasteiger partial charge in [-0.05, 0) is 48.9 Å². The number of halogens is 1. The Hall–Kier alpha value is -2.79. The number of pyridine rings is 1. The van der Waals surface area contributed by atoms with Gasteiger partial charge in [0.15, 0.2) is 0 Å². The van der Waals surface area contributed by atoms with Crippen LogP contribution in [-0.4, -0.2) is 17.6 Å². The maximum atomic E-state index is 12.8. The zero-order chi connectivity index (χ0) is 18.1. The van der Waals surface area contributed by atoms with Crippen molar-refractivity contribution >= 4 is 34.1 Å². The molecule has 3 aromatic rings. The van der Waals surface area contributed by atoms with E-state index < -0.39 is 5.91 Å². The molecule has 6 heteroatoms. The van der Waals surface area contributed by atoms with Gasteiger partial charge in [-0.15, -0.1) is 0 Å². The van der Waals surface area contributed by atoms with E-state index in [1.807, 2.05) is 6.92 Å². The zero-order valence-electron chi connectivity index (χ0n) is 14.1. The number of ether oxygens (including phenoxy) is 1. The number of nitrogens with one attached hydrogen (secondary N) is 1. The van der Waals surface area contributed by atoms with Crippen molar-refractivity contribution in [3.05, 3.63) is 69.0 Å². The van der Waals surface area contributed by atoms with E-state index in [-0.39, 0.29) is 11.0 Å². The van der Waals surface area contributed by atoms with Crippen molar-refractivity contribution in [1.29, 1.82) is 0 Å². The lowest BCUT2D eigenvalue weighted by atomic mass is 10.1. The Balaban J connectivity index is 2.07. The smallest absolute Gasteiger partial charge is 0.261 e. The fraction of sp³-hybridized carbons (Fsp3) is 0.158. The largest absolute Gasteiger partial charge is 0.497 e. The molecule has 0 atom stereocenters. The van der Waals surface area contributed by atoms with E-state index in [2.05, 4.69) is 5.32 Å². The Morgan fingerprint density at radius 1 is 1.20 bits per heavy atom. The van der Waals surface area contributed by atoms with Crippen LogP contribution in [0.2, 0.25) is 5.02 Å². The van der Waals surface area contributed by atoms with Crippen molar-refractivity contribution < 1.29 is 9.53 Å². The second-order valence-electron chi connectivity index (χ2n) is 5.78. The quantitative estimate of drug-likeness (QED) is 0.777. The molecule has 1 heterocycles. The topological polar surface area (TPSA) is 60.3 Å². The standard InChI is InChI=1S/C19H17ClN2O3/c1-11-8-12(20)4-6-16(11)21-19(24)15-10-22(2)17-7-5-13(25-3)9-14(17)18(15)23/h4-10H,1-3H3,(H,21,24). The third-order valence-corrected chi connectivity index (χ3v) is 4.31. The Kier molecular flexibility index (Phi) is 4.51. The number of hydrogen-bond donors (Lipinski definition) is 1. The van der Waals surface area contributed by atoms with Crippen molar-refractivity contribution in [2.45, 2.75) is 6.92 Å². The zero-order valence-corrected chi connectivity index (χ0v) is 14.8. The lowest BCUT2D eigenvalue weighted by Crippen LogP contribution is -2.23. The third-order valence-electron chi connectivity index (χ3n) is 4.08. The minimum absolute atomic E-state index is 0.0672. The molecule has 1 aromatic heterocycles. The summed E-state index contributed by atoms with van der Waals surface area (Å²) in [5, 5.41) is 3.79. The van der Waals surface area contributed by atoms with Crippen LogP contribution in [0.25, 0.3) is 10.9 Å². The molecular weight excluding hydrogens is 340 g/mol. The maximum absolute atomic E-state index is 12.8. The number of amides is 1. The first-order chi connectivity index (χ1) is 11.9. The number of aromatic nitrogens is 1. The fourth-order valence-electron chi connectivity index (χ4n) is 2.72. The molecule has 0 fully saturated rings. The number of hydrogen-bond acceptors (Lipinski definition) is 3. The number of rotatable bonds is 3. The Morgan fingerprint density at radius 3 is 2.64 bits per heavy atom. The first-order valence-corrected chi connectivity index (χ1v) is 8.03. The molecule has 0 bridgehead atoms. The van der Waals surface area contributed by atoms with Crippen LogP contribution >= 0.6 is 11.6 Å². The van der Waals surface area contributed by atoms with Gasteiger partial charge >= 0.3 is 0 Å². The summed E-state index contributed by atoms with van der Waals surface area (Å²) < 4.78 is 6.93. The molecule has 0 saturated heterocycles. The molecule has 0 saturated carbocycles. The number of anilines is 1. The van der Waals surface area contributed by atoms with Gasteiger partial charge in [0.05, 0.1) is 18.0 Å². The van der Waals surface area contributed by atoms with Gasteiger partial charge in [-0.1, -0.05) is 11.6 Å². The highest BCUT2D eigenvalue weighted by Gasteiger charge is 2.16. The fourth-order valence-corrected chi connectivity index (χ4v) is 2.94. The molecule has 25 heavy (non-hydrogen) atoms. The summed E-state index contributed by atoms with van der Waals surface area (Å²) in [5.74, 6) is 0.103. The highest BCUT2D eigenvalue weighted by Crippen LogP contribution is 2.21. The SMILES string of the molecule is COc1ccc2c(c1)c(=O)c(C(=O)Nc1ccc(Cl)cc1C)cn2C. The van der Waals surface area contributed by atoms with Crippen LogP contribution in [0, 0.1) is 6.92 Å². The molecule has 0 spiro atoms. The second kappa shape index (κ2) is 6.61. The molecule has 1 N–H and O–H groups in total. The average molecular weight is 357 g/mol. The van der Waals surface area contributed by atoms with Crippen molar-refractivity contribution in [2.24, 2.45) is 7.05 Å². The molecule has 5 nitrogen and oxygen atoms in total. The Morgan fingerprint density at radius 2 is 1.96 bits per heavy atom. The number of methoxy groups -OCH3 is 1. The summed E-state index contributed by atoms with van der Waals surface area (Å²) >= 11 is 5.93. The number of nitrogens with zero attached hydrogens (tertiary/aromatic N) is 1. The average Bonchev–Trinajstić information content (AvgIpc) is 2.60. The molecular formula is C19H17ClN2O3. The van der Waals surface area contributed by atoms with Crippen molar-refractivity contribution in [2.75, 3.05) is 12.4 Å². The minimum Gasteiger partial charge on any atom is -0.497 e. The van der Waals surface area contributed by atoms with Gasteiger partial charge in [0.25, 0.3) is 5.91 Å². The molecule has 2 aromatic carbocycles. The molecule has 0 aliphatic carbocycles. The lowest BCUT2D eigenvalue weighted by molar-refractivity contribution is 0.102. The first-order valence-electron chi connectivity index (χ1n) is 7.65. The number of aryl methyl sites for hydroxylation is 2. The van der Waals surface area contributed by atoms with E-state index in [0.717, 1.165) is 11.1 Å². The van der Waals surface area contributed by atoms with E-state index in [4.69, 9.17) is 16.3 Å². The number of benzene rings is 2. The Bertz CT molecular complexity index is 1040. The van der Waals surface area contributed by atoms with Crippen LogP contribution < -0.4 is 15.5 Å². The molecule has 0 unspecified atom stereocenters. The number of fused-ring (bicyclic) bond motifs is 1. The summed E-state index contributed by atoms with van der Waals surface area (Å²) in [5.41, 5.74) is 1.89. The van der Waals surface area contributed by atoms with Crippen LogP contribution in [0.15, 0.2) is 47.4 Å². The highest BCUT2D eigenvalue weighted by atomic mass is 35.5.